The van der Waals surface area contributed by atoms with Gasteiger partial charge in [-0.15, -0.1) is 0 Å². The number of morpholine rings is 1. The third-order valence-electron chi connectivity index (χ3n) is 4.86. The molecule has 3 fully saturated rings. The van der Waals surface area contributed by atoms with E-state index in [1.807, 2.05) is 0 Å². The molecular weight excluding hydrogens is 212 g/mol. The molecule has 2 saturated heterocycles. The largest absolute Gasteiger partial charge is 0.375 e. The molecule has 0 aromatic rings. The molecule has 1 N–H and O–H groups in total. The van der Waals surface area contributed by atoms with Crippen LogP contribution in [-0.2, 0) is 4.74 Å². The standard InChI is InChI=1S/C14H26N2O/c1-14(7-2-3-8-15-14)11-16-9-10-17-13-6-4-5-12(13)16/h12-13,15H,2-11H2,1H3. The average molecular weight is 238 g/mol. The van der Waals surface area contributed by atoms with Gasteiger partial charge in [-0.05, 0) is 45.6 Å². The van der Waals surface area contributed by atoms with E-state index in [1.54, 1.807) is 0 Å². The molecule has 2 aliphatic heterocycles. The monoisotopic (exact) mass is 238 g/mol. The predicted octanol–water partition coefficient (Wildman–Crippen LogP) is 1.77. The van der Waals surface area contributed by atoms with Crippen molar-refractivity contribution in [2.45, 2.75) is 63.1 Å². The number of hydrogen-bond acceptors (Lipinski definition) is 3. The third kappa shape index (κ3) is 2.51. The Balaban J connectivity index is 1.63. The molecule has 0 bridgehead atoms. The van der Waals surface area contributed by atoms with Crippen LogP contribution in [-0.4, -0.2) is 48.8 Å². The number of nitrogens with zero attached hydrogens (tertiary/aromatic N) is 1. The molecule has 3 heteroatoms. The Morgan fingerprint density at radius 2 is 2.24 bits per heavy atom. The number of fused-ring (bicyclic) bond motifs is 1. The smallest absolute Gasteiger partial charge is 0.0730 e. The number of nitrogens with one attached hydrogen (secondary N) is 1. The number of piperidine rings is 1. The lowest BCUT2D eigenvalue weighted by atomic mass is 9.89. The van der Waals surface area contributed by atoms with E-state index >= 15 is 0 Å². The minimum atomic E-state index is 0.350. The predicted molar refractivity (Wildman–Crippen MR) is 69.2 cm³/mol. The molecule has 3 unspecified atom stereocenters. The first kappa shape index (κ1) is 11.9. The summed E-state index contributed by atoms with van der Waals surface area (Å²) in [5, 5.41) is 3.74. The zero-order chi connectivity index (χ0) is 11.7. The van der Waals surface area contributed by atoms with E-state index in [0.717, 1.165) is 13.2 Å². The summed E-state index contributed by atoms with van der Waals surface area (Å²) >= 11 is 0. The molecule has 0 amide bonds. The van der Waals surface area contributed by atoms with Gasteiger partial charge in [0, 0.05) is 24.7 Å². The van der Waals surface area contributed by atoms with Crippen molar-refractivity contribution >= 4 is 0 Å². The van der Waals surface area contributed by atoms with Crippen molar-refractivity contribution in [3.05, 3.63) is 0 Å². The number of hydrogen-bond donors (Lipinski definition) is 1. The maximum Gasteiger partial charge on any atom is 0.0730 e. The van der Waals surface area contributed by atoms with E-state index in [0.29, 0.717) is 17.7 Å². The van der Waals surface area contributed by atoms with Crippen LogP contribution in [0.3, 0.4) is 0 Å². The number of ether oxygens (including phenoxy) is 1. The quantitative estimate of drug-likeness (QED) is 0.793. The topological polar surface area (TPSA) is 24.5 Å². The Morgan fingerprint density at radius 3 is 3.06 bits per heavy atom. The highest BCUT2D eigenvalue weighted by Crippen LogP contribution is 2.31. The minimum absolute atomic E-state index is 0.350. The lowest BCUT2D eigenvalue weighted by Crippen LogP contribution is -2.59. The van der Waals surface area contributed by atoms with Crippen molar-refractivity contribution in [2.24, 2.45) is 0 Å². The third-order valence-corrected chi connectivity index (χ3v) is 4.86. The number of rotatable bonds is 2. The highest BCUT2D eigenvalue weighted by atomic mass is 16.5. The lowest BCUT2D eigenvalue weighted by Gasteiger charge is -2.44. The van der Waals surface area contributed by atoms with Gasteiger partial charge in [0.15, 0.2) is 0 Å². The van der Waals surface area contributed by atoms with E-state index in [2.05, 4.69) is 17.1 Å². The molecule has 1 aliphatic carbocycles. The fourth-order valence-corrected chi connectivity index (χ4v) is 3.90. The molecule has 3 rings (SSSR count). The molecule has 3 nitrogen and oxygen atoms in total. The summed E-state index contributed by atoms with van der Waals surface area (Å²) in [4.78, 5) is 2.71. The normalized spacial score (nSPS) is 43.6. The molecule has 0 radical (unpaired) electrons. The minimum Gasteiger partial charge on any atom is -0.375 e. The van der Waals surface area contributed by atoms with Gasteiger partial charge in [-0.2, -0.15) is 0 Å². The van der Waals surface area contributed by atoms with Gasteiger partial charge in [-0.1, -0.05) is 6.42 Å². The molecule has 1 saturated carbocycles. The molecule has 0 spiro atoms. The Kier molecular flexibility index (Phi) is 3.42. The van der Waals surface area contributed by atoms with Gasteiger partial charge in [0.25, 0.3) is 0 Å². The Bertz CT molecular complexity index is 263. The summed E-state index contributed by atoms with van der Waals surface area (Å²) < 4.78 is 5.89. The Labute approximate surface area is 105 Å². The zero-order valence-corrected chi connectivity index (χ0v) is 11.1. The van der Waals surface area contributed by atoms with Gasteiger partial charge in [-0.25, -0.2) is 0 Å². The van der Waals surface area contributed by atoms with Gasteiger partial charge < -0.3 is 10.1 Å². The van der Waals surface area contributed by atoms with E-state index in [1.165, 1.54) is 51.6 Å². The zero-order valence-electron chi connectivity index (χ0n) is 11.1. The van der Waals surface area contributed by atoms with Crippen LogP contribution >= 0.6 is 0 Å². The van der Waals surface area contributed by atoms with Crippen LogP contribution in [0, 0.1) is 0 Å². The molecule has 17 heavy (non-hydrogen) atoms. The summed E-state index contributed by atoms with van der Waals surface area (Å²) in [6, 6.07) is 0.712. The molecule has 3 atom stereocenters. The van der Waals surface area contributed by atoms with Crippen LogP contribution in [0.1, 0.15) is 45.4 Å². The van der Waals surface area contributed by atoms with Crippen LogP contribution in [0.25, 0.3) is 0 Å². The van der Waals surface area contributed by atoms with Crippen molar-refractivity contribution in [3.8, 4) is 0 Å². The second-order valence-electron chi connectivity index (χ2n) is 6.32. The van der Waals surface area contributed by atoms with Crippen molar-refractivity contribution in [1.29, 1.82) is 0 Å². The van der Waals surface area contributed by atoms with Gasteiger partial charge in [0.05, 0.1) is 12.7 Å². The van der Waals surface area contributed by atoms with E-state index in [9.17, 15) is 0 Å². The fraction of sp³-hybridized carbons (Fsp3) is 1.00. The van der Waals surface area contributed by atoms with Gasteiger partial charge in [-0.3, -0.25) is 4.90 Å². The first-order chi connectivity index (χ1) is 8.27. The molecule has 3 aliphatic rings. The maximum atomic E-state index is 5.89. The second-order valence-corrected chi connectivity index (χ2v) is 6.32. The highest BCUT2D eigenvalue weighted by Gasteiger charge is 2.39. The summed E-state index contributed by atoms with van der Waals surface area (Å²) in [7, 11) is 0. The van der Waals surface area contributed by atoms with Gasteiger partial charge >= 0.3 is 0 Å². The van der Waals surface area contributed by atoms with Crippen molar-refractivity contribution in [3.63, 3.8) is 0 Å². The SMILES string of the molecule is CC1(CN2CCOC3CCCC32)CCCCN1. The van der Waals surface area contributed by atoms with E-state index < -0.39 is 0 Å². The second kappa shape index (κ2) is 4.87. The summed E-state index contributed by atoms with van der Waals surface area (Å²) in [5.74, 6) is 0. The fourth-order valence-electron chi connectivity index (χ4n) is 3.90. The van der Waals surface area contributed by atoms with Crippen LogP contribution in [0.15, 0.2) is 0 Å². The van der Waals surface area contributed by atoms with Gasteiger partial charge in [0.1, 0.15) is 0 Å². The molecule has 2 heterocycles. The maximum absolute atomic E-state index is 5.89. The molecule has 98 valence electrons. The van der Waals surface area contributed by atoms with Crippen molar-refractivity contribution in [2.75, 3.05) is 26.2 Å². The summed E-state index contributed by atoms with van der Waals surface area (Å²) in [6.45, 7) is 6.91. The lowest BCUT2D eigenvalue weighted by molar-refractivity contribution is -0.0644. The van der Waals surface area contributed by atoms with Crippen LogP contribution in [0.5, 0.6) is 0 Å². The summed E-state index contributed by atoms with van der Waals surface area (Å²) in [6.07, 6.45) is 8.60. The van der Waals surface area contributed by atoms with Crippen molar-refractivity contribution < 1.29 is 4.74 Å². The first-order valence-corrected chi connectivity index (χ1v) is 7.38. The van der Waals surface area contributed by atoms with Crippen LogP contribution < -0.4 is 5.32 Å². The van der Waals surface area contributed by atoms with E-state index in [4.69, 9.17) is 4.74 Å². The van der Waals surface area contributed by atoms with Crippen LogP contribution in [0.2, 0.25) is 0 Å². The van der Waals surface area contributed by atoms with Gasteiger partial charge in [0.2, 0.25) is 0 Å². The average Bonchev–Trinajstić information content (AvgIpc) is 2.79. The summed E-state index contributed by atoms with van der Waals surface area (Å²) in [5.41, 5.74) is 0.350. The van der Waals surface area contributed by atoms with Crippen LogP contribution in [0.4, 0.5) is 0 Å². The highest BCUT2D eigenvalue weighted by molar-refractivity contribution is 4.95. The first-order valence-electron chi connectivity index (χ1n) is 7.38. The molecule has 0 aromatic heterocycles. The molecule has 0 aromatic carbocycles. The van der Waals surface area contributed by atoms with Crippen molar-refractivity contribution in [1.82, 2.24) is 10.2 Å². The Hall–Kier alpha value is -0.120. The Morgan fingerprint density at radius 1 is 1.29 bits per heavy atom. The molecular formula is C14H26N2O. The van der Waals surface area contributed by atoms with E-state index in [-0.39, 0.29) is 0 Å².